The van der Waals surface area contributed by atoms with Gasteiger partial charge in [0, 0.05) is 11.9 Å². The molecule has 0 fully saturated rings. The van der Waals surface area contributed by atoms with Crippen LogP contribution in [0.4, 0.5) is 4.39 Å². The van der Waals surface area contributed by atoms with E-state index in [1.54, 1.807) is 29.7 Å². The number of pyridine rings is 2. The molecule has 6 nitrogen and oxygen atoms in total. The highest BCUT2D eigenvalue weighted by Crippen LogP contribution is 2.24. The van der Waals surface area contributed by atoms with Crippen molar-refractivity contribution in [2.75, 3.05) is 13.2 Å². The van der Waals surface area contributed by atoms with Gasteiger partial charge in [-0.15, -0.1) is 0 Å². The summed E-state index contributed by atoms with van der Waals surface area (Å²) in [6.07, 6.45) is 2.72. The van der Waals surface area contributed by atoms with Gasteiger partial charge < -0.3 is 14.4 Å². The third-order valence-corrected chi connectivity index (χ3v) is 5.71. The SMILES string of the molecule is CCOC(=O)c1cn([C@H](CO)C(C)C)c2nc(C)c(CCc3ccc(F)cc3)cc2c1=O. The first-order valence-corrected chi connectivity index (χ1v) is 10.8. The van der Waals surface area contributed by atoms with E-state index in [1.165, 1.54) is 18.3 Å². The maximum absolute atomic E-state index is 13.2. The van der Waals surface area contributed by atoms with E-state index in [0.29, 0.717) is 23.9 Å². The minimum atomic E-state index is -0.693. The van der Waals surface area contributed by atoms with E-state index in [4.69, 9.17) is 9.72 Å². The Kier molecular flexibility index (Phi) is 7.40. The average Bonchev–Trinajstić information content (AvgIpc) is 2.75. The lowest BCUT2D eigenvalue weighted by Crippen LogP contribution is -2.27. The molecular formula is C25H29FN2O4. The van der Waals surface area contributed by atoms with Crippen molar-refractivity contribution in [3.8, 4) is 0 Å². The molecule has 2 heterocycles. The van der Waals surface area contributed by atoms with E-state index in [-0.39, 0.29) is 36.6 Å². The van der Waals surface area contributed by atoms with Crippen molar-refractivity contribution in [2.45, 2.75) is 46.6 Å². The molecule has 0 bridgehead atoms. The van der Waals surface area contributed by atoms with Gasteiger partial charge in [0.2, 0.25) is 5.43 Å². The number of halogens is 1. The molecule has 0 spiro atoms. The van der Waals surface area contributed by atoms with Crippen LogP contribution in [0.3, 0.4) is 0 Å². The van der Waals surface area contributed by atoms with Gasteiger partial charge in [-0.2, -0.15) is 0 Å². The molecule has 0 saturated carbocycles. The molecule has 3 aromatic rings. The summed E-state index contributed by atoms with van der Waals surface area (Å²) < 4.78 is 20.0. The number of nitrogens with zero attached hydrogens (tertiary/aromatic N) is 2. The molecule has 32 heavy (non-hydrogen) atoms. The average molecular weight is 441 g/mol. The number of aryl methyl sites for hydroxylation is 3. The van der Waals surface area contributed by atoms with Gasteiger partial charge in [0.05, 0.1) is 24.6 Å². The summed E-state index contributed by atoms with van der Waals surface area (Å²) in [4.78, 5) is 30.4. The molecule has 0 aliphatic carbocycles. The fraction of sp³-hybridized carbons (Fsp3) is 0.400. The lowest BCUT2D eigenvalue weighted by Gasteiger charge is -2.24. The number of aliphatic hydroxyl groups excluding tert-OH is 1. The molecule has 1 aromatic carbocycles. The lowest BCUT2D eigenvalue weighted by molar-refractivity contribution is 0.0523. The van der Waals surface area contributed by atoms with Crippen molar-refractivity contribution < 1.29 is 19.0 Å². The maximum Gasteiger partial charge on any atom is 0.343 e. The van der Waals surface area contributed by atoms with Crippen LogP contribution in [-0.4, -0.2) is 33.8 Å². The highest BCUT2D eigenvalue weighted by molar-refractivity contribution is 5.93. The second-order valence-corrected chi connectivity index (χ2v) is 8.22. The minimum absolute atomic E-state index is 0.0426. The standard InChI is InChI=1S/C25H29FN2O4/c1-5-32-25(31)21-13-28(22(14-29)15(2)3)24-20(23(21)30)12-18(16(4)27-24)9-6-17-7-10-19(26)11-8-17/h7-8,10-13,15,22,29H,5-6,9,14H2,1-4H3/t22-/m1/s1. The zero-order chi connectivity index (χ0) is 23.4. The van der Waals surface area contributed by atoms with Crippen molar-refractivity contribution >= 4 is 17.0 Å². The van der Waals surface area contributed by atoms with E-state index in [9.17, 15) is 19.1 Å². The summed E-state index contributed by atoms with van der Waals surface area (Å²) in [5, 5.41) is 10.3. The molecule has 0 aliphatic heterocycles. The van der Waals surface area contributed by atoms with Crippen LogP contribution in [0.15, 0.2) is 41.3 Å². The smallest absolute Gasteiger partial charge is 0.343 e. The van der Waals surface area contributed by atoms with E-state index in [1.807, 2.05) is 20.8 Å². The van der Waals surface area contributed by atoms with Crippen molar-refractivity contribution in [2.24, 2.45) is 5.92 Å². The Labute approximate surface area is 186 Å². The van der Waals surface area contributed by atoms with Crippen LogP contribution in [0, 0.1) is 18.7 Å². The van der Waals surface area contributed by atoms with E-state index >= 15 is 0 Å². The van der Waals surface area contributed by atoms with Gasteiger partial charge in [-0.25, -0.2) is 14.2 Å². The molecule has 1 N–H and O–H groups in total. The highest BCUT2D eigenvalue weighted by Gasteiger charge is 2.23. The Morgan fingerprint density at radius 3 is 2.50 bits per heavy atom. The largest absolute Gasteiger partial charge is 0.462 e. The van der Waals surface area contributed by atoms with Crippen molar-refractivity contribution in [3.63, 3.8) is 0 Å². The van der Waals surface area contributed by atoms with Gasteiger partial charge in [-0.1, -0.05) is 26.0 Å². The zero-order valence-electron chi connectivity index (χ0n) is 18.9. The number of aromatic nitrogens is 2. The normalized spacial score (nSPS) is 12.3. The first-order chi connectivity index (χ1) is 15.3. The summed E-state index contributed by atoms with van der Waals surface area (Å²) in [6, 6.07) is 7.73. The molecular weight excluding hydrogens is 411 g/mol. The highest BCUT2D eigenvalue weighted by atomic mass is 19.1. The van der Waals surface area contributed by atoms with Crippen LogP contribution in [-0.2, 0) is 17.6 Å². The van der Waals surface area contributed by atoms with E-state index in [0.717, 1.165) is 16.8 Å². The lowest BCUT2D eigenvalue weighted by atomic mass is 10.0. The predicted molar refractivity (Wildman–Crippen MR) is 121 cm³/mol. The Hall–Kier alpha value is -3.06. The predicted octanol–water partition coefficient (Wildman–Crippen LogP) is 4.00. The number of hydrogen-bond acceptors (Lipinski definition) is 5. The Morgan fingerprint density at radius 1 is 1.22 bits per heavy atom. The third kappa shape index (κ3) is 4.88. The first kappa shape index (κ1) is 23.6. The fourth-order valence-electron chi connectivity index (χ4n) is 3.81. The summed E-state index contributed by atoms with van der Waals surface area (Å²) in [5.41, 5.74) is 2.52. The first-order valence-electron chi connectivity index (χ1n) is 10.8. The van der Waals surface area contributed by atoms with E-state index < -0.39 is 11.4 Å². The monoisotopic (exact) mass is 440 g/mol. The molecule has 0 aliphatic rings. The fourth-order valence-corrected chi connectivity index (χ4v) is 3.81. The second-order valence-electron chi connectivity index (χ2n) is 8.22. The molecule has 0 radical (unpaired) electrons. The van der Waals surface area contributed by atoms with Gasteiger partial charge >= 0.3 is 5.97 Å². The Balaban J connectivity index is 2.14. The number of carbonyl (C=O) groups is 1. The quantitative estimate of drug-likeness (QED) is 0.536. The molecule has 1 atom stereocenters. The summed E-state index contributed by atoms with van der Waals surface area (Å²) in [6.45, 7) is 7.46. The number of aliphatic hydroxyl groups is 1. The maximum atomic E-state index is 13.2. The molecule has 0 amide bonds. The Bertz CT molecular complexity index is 1170. The van der Waals surface area contributed by atoms with Crippen LogP contribution in [0.25, 0.3) is 11.0 Å². The van der Waals surface area contributed by atoms with Crippen molar-refractivity contribution in [1.29, 1.82) is 0 Å². The second kappa shape index (κ2) is 10.0. The van der Waals surface area contributed by atoms with Crippen LogP contribution >= 0.6 is 0 Å². The molecule has 0 unspecified atom stereocenters. The van der Waals surface area contributed by atoms with Crippen LogP contribution in [0.2, 0.25) is 0 Å². The van der Waals surface area contributed by atoms with Crippen molar-refractivity contribution in [1.82, 2.24) is 9.55 Å². The molecule has 2 aromatic heterocycles. The molecule has 7 heteroatoms. The van der Waals surface area contributed by atoms with E-state index in [2.05, 4.69) is 0 Å². The molecule has 170 valence electrons. The number of hydrogen-bond donors (Lipinski definition) is 1. The van der Waals surface area contributed by atoms with Crippen LogP contribution in [0.1, 0.15) is 54.0 Å². The summed E-state index contributed by atoms with van der Waals surface area (Å²) in [7, 11) is 0. The van der Waals surface area contributed by atoms with Crippen molar-refractivity contribution in [3.05, 3.63) is 75.0 Å². The third-order valence-electron chi connectivity index (χ3n) is 5.71. The van der Waals surface area contributed by atoms with Gasteiger partial charge in [-0.3, -0.25) is 4.79 Å². The number of esters is 1. The van der Waals surface area contributed by atoms with Gasteiger partial charge in [-0.05, 0) is 61.9 Å². The number of carbonyl (C=O) groups excluding carboxylic acids is 1. The van der Waals surface area contributed by atoms with Gasteiger partial charge in [0.1, 0.15) is 17.0 Å². The molecule has 0 saturated heterocycles. The van der Waals surface area contributed by atoms with Crippen LogP contribution < -0.4 is 5.43 Å². The minimum Gasteiger partial charge on any atom is -0.462 e. The summed E-state index contributed by atoms with van der Waals surface area (Å²) >= 11 is 0. The van der Waals surface area contributed by atoms with Gasteiger partial charge in [0.25, 0.3) is 0 Å². The van der Waals surface area contributed by atoms with Crippen LogP contribution in [0.5, 0.6) is 0 Å². The number of fused-ring (bicyclic) bond motifs is 1. The topological polar surface area (TPSA) is 81.4 Å². The molecule has 3 rings (SSSR count). The summed E-state index contributed by atoms with van der Waals surface area (Å²) in [5.74, 6) is -0.934. The number of ether oxygens (including phenoxy) is 1. The number of benzene rings is 1. The zero-order valence-corrected chi connectivity index (χ0v) is 18.9. The Morgan fingerprint density at radius 2 is 1.91 bits per heavy atom. The number of rotatable bonds is 8. The van der Waals surface area contributed by atoms with Gasteiger partial charge in [0.15, 0.2) is 0 Å².